The first kappa shape index (κ1) is 14.1. The van der Waals surface area contributed by atoms with E-state index in [1.165, 1.54) is 0 Å². The summed E-state index contributed by atoms with van der Waals surface area (Å²) in [4.78, 5) is 11.1. The number of aliphatic hydroxyl groups is 1. The lowest BCUT2D eigenvalue weighted by atomic mass is 10.2. The highest BCUT2D eigenvalue weighted by atomic mass is 16.5. The maximum atomic E-state index is 11.1. The molecule has 0 amide bonds. The second-order valence-corrected chi connectivity index (χ2v) is 3.04. The molecule has 0 radical (unpaired) electrons. The van der Waals surface area contributed by atoms with Gasteiger partial charge in [0.05, 0.1) is 25.9 Å². The van der Waals surface area contributed by atoms with Crippen molar-refractivity contribution in [2.75, 3.05) is 33.5 Å². The summed E-state index contributed by atoms with van der Waals surface area (Å²) >= 11 is 0. The summed E-state index contributed by atoms with van der Waals surface area (Å²) < 4.78 is 9.62. The number of carbonyl (C=O) groups is 1. The molecule has 0 aromatic rings. The molecule has 2 N–H and O–H groups in total. The third-order valence-corrected chi connectivity index (χ3v) is 1.76. The van der Waals surface area contributed by atoms with Crippen LogP contribution in [0.5, 0.6) is 0 Å². The number of carbonyl (C=O) groups excluding carboxylic acids is 1. The largest absolute Gasteiger partial charge is 0.463 e. The van der Waals surface area contributed by atoms with Crippen LogP contribution in [0.2, 0.25) is 0 Å². The van der Waals surface area contributed by atoms with Crippen molar-refractivity contribution < 1.29 is 19.4 Å². The van der Waals surface area contributed by atoms with Crippen molar-refractivity contribution in [3.8, 4) is 0 Å². The lowest BCUT2D eigenvalue weighted by Gasteiger charge is -2.15. The molecule has 1 atom stereocenters. The van der Waals surface area contributed by atoms with Gasteiger partial charge in [0.2, 0.25) is 0 Å². The smallest absolute Gasteiger partial charge is 0.334 e. The van der Waals surface area contributed by atoms with Crippen molar-refractivity contribution in [2.24, 2.45) is 0 Å². The first-order chi connectivity index (χ1) is 7.15. The molecular weight excluding hydrogens is 198 g/mol. The van der Waals surface area contributed by atoms with Gasteiger partial charge in [0.1, 0.15) is 0 Å². The number of methoxy groups -OCH3 is 1. The molecule has 0 aliphatic rings. The van der Waals surface area contributed by atoms with Gasteiger partial charge in [-0.15, -0.1) is 0 Å². The zero-order chi connectivity index (χ0) is 11.7. The minimum atomic E-state index is -0.417. The van der Waals surface area contributed by atoms with E-state index >= 15 is 0 Å². The maximum absolute atomic E-state index is 11.1. The van der Waals surface area contributed by atoms with Crippen LogP contribution in [0.4, 0.5) is 0 Å². The van der Waals surface area contributed by atoms with Crippen molar-refractivity contribution in [2.45, 2.75) is 13.0 Å². The first-order valence-electron chi connectivity index (χ1n) is 4.83. The molecule has 0 saturated carbocycles. The highest BCUT2D eigenvalue weighted by molar-refractivity contribution is 5.88. The lowest BCUT2D eigenvalue weighted by molar-refractivity contribution is -0.138. The quantitative estimate of drug-likeness (QED) is 0.432. The highest BCUT2D eigenvalue weighted by Gasteiger charge is 2.11. The minimum absolute atomic E-state index is 0.0516. The number of esters is 1. The molecule has 0 rings (SSSR count). The molecule has 88 valence electrons. The fraction of sp³-hybridized carbons (Fsp3) is 0.700. The predicted octanol–water partition coefficient (Wildman–Crippen LogP) is -0.297. The minimum Gasteiger partial charge on any atom is -0.463 e. The van der Waals surface area contributed by atoms with Gasteiger partial charge in [0, 0.05) is 19.2 Å². The first-order valence-corrected chi connectivity index (χ1v) is 4.83. The molecule has 15 heavy (non-hydrogen) atoms. The summed E-state index contributed by atoms with van der Waals surface area (Å²) in [5, 5.41) is 11.9. The van der Waals surface area contributed by atoms with E-state index in [-0.39, 0.29) is 19.2 Å². The van der Waals surface area contributed by atoms with E-state index in [1.807, 2.05) is 0 Å². The molecule has 1 unspecified atom stereocenters. The molecule has 0 heterocycles. The Morgan fingerprint density at radius 2 is 2.27 bits per heavy atom. The van der Waals surface area contributed by atoms with Gasteiger partial charge in [0.25, 0.3) is 0 Å². The van der Waals surface area contributed by atoms with Gasteiger partial charge in [-0.1, -0.05) is 6.58 Å². The fourth-order valence-corrected chi connectivity index (χ4v) is 0.950. The Bertz CT molecular complexity index is 206. The average Bonchev–Trinajstić information content (AvgIpc) is 2.24. The zero-order valence-corrected chi connectivity index (χ0v) is 9.28. The van der Waals surface area contributed by atoms with Crippen LogP contribution < -0.4 is 5.32 Å². The van der Waals surface area contributed by atoms with Crippen molar-refractivity contribution in [3.63, 3.8) is 0 Å². The topological polar surface area (TPSA) is 67.8 Å². The van der Waals surface area contributed by atoms with Gasteiger partial charge < -0.3 is 19.9 Å². The Kier molecular flexibility index (Phi) is 7.89. The Balaban J connectivity index is 3.81. The number of hydrogen-bond donors (Lipinski definition) is 2. The van der Waals surface area contributed by atoms with Gasteiger partial charge in [0.15, 0.2) is 0 Å². The van der Waals surface area contributed by atoms with Crippen molar-refractivity contribution >= 4 is 5.97 Å². The summed E-state index contributed by atoms with van der Waals surface area (Å²) in [5.41, 5.74) is 0.339. The normalized spacial score (nSPS) is 12.2. The number of ether oxygens (including phenoxy) is 2. The van der Waals surface area contributed by atoms with E-state index < -0.39 is 5.97 Å². The molecule has 0 aliphatic heterocycles. The molecular formula is C10H19NO4. The zero-order valence-electron chi connectivity index (χ0n) is 9.28. The Morgan fingerprint density at radius 3 is 2.73 bits per heavy atom. The number of aliphatic hydroxyl groups excluding tert-OH is 1. The average molecular weight is 217 g/mol. The predicted molar refractivity (Wildman–Crippen MR) is 56.5 cm³/mol. The number of nitrogens with one attached hydrogen (secondary N) is 1. The van der Waals surface area contributed by atoms with Crippen LogP contribution in [-0.2, 0) is 14.3 Å². The summed E-state index contributed by atoms with van der Waals surface area (Å²) in [6.07, 6.45) is 0. The van der Waals surface area contributed by atoms with Crippen LogP contribution in [-0.4, -0.2) is 50.6 Å². The summed E-state index contributed by atoms with van der Waals surface area (Å²) in [5.74, 6) is -0.417. The second kappa shape index (κ2) is 8.40. The third kappa shape index (κ3) is 6.22. The summed E-state index contributed by atoms with van der Waals surface area (Å²) in [6.45, 7) is 6.26. The SMILES string of the molecule is C=C(CNC(CO)COC)C(=O)OCC. The molecule has 5 nitrogen and oxygen atoms in total. The van der Waals surface area contributed by atoms with Crippen LogP contribution in [0.15, 0.2) is 12.2 Å². The van der Waals surface area contributed by atoms with E-state index in [0.29, 0.717) is 18.8 Å². The van der Waals surface area contributed by atoms with Crippen molar-refractivity contribution in [1.82, 2.24) is 5.32 Å². The molecule has 0 aliphatic carbocycles. The third-order valence-electron chi connectivity index (χ3n) is 1.76. The second-order valence-electron chi connectivity index (χ2n) is 3.04. The molecule has 0 fully saturated rings. The van der Waals surface area contributed by atoms with E-state index in [2.05, 4.69) is 11.9 Å². The summed E-state index contributed by atoms with van der Waals surface area (Å²) in [6, 6.07) is -0.193. The highest BCUT2D eigenvalue weighted by Crippen LogP contribution is 1.94. The van der Waals surface area contributed by atoms with E-state index in [1.54, 1.807) is 14.0 Å². The molecule has 0 aromatic heterocycles. The van der Waals surface area contributed by atoms with Gasteiger partial charge in [-0.3, -0.25) is 0 Å². The molecule has 0 spiro atoms. The van der Waals surface area contributed by atoms with Crippen LogP contribution in [0.3, 0.4) is 0 Å². The standard InChI is InChI=1S/C10H19NO4/c1-4-15-10(13)8(2)5-11-9(6-12)7-14-3/h9,11-12H,2,4-7H2,1,3H3. The van der Waals surface area contributed by atoms with E-state index in [9.17, 15) is 4.79 Å². The van der Waals surface area contributed by atoms with Crippen LogP contribution >= 0.6 is 0 Å². The maximum Gasteiger partial charge on any atom is 0.334 e. The monoisotopic (exact) mass is 217 g/mol. The lowest BCUT2D eigenvalue weighted by Crippen LogP contribution is -2.38. The van der Waals surface area contributed by atoms with Crippen LogP contribution in [0, 0.1) is 0 Å². The van der Waals surface area contributed by atoms with Gasteiger partial charge in [-0.05, 0) is 6.92 Å². The van der Waals surface area contributed by atoms with Gasteiger partial charge in [-0.25, -0.2) is 4.79 Å². The Morgan fingerprint density at radius 1 is 1.60 bits per heavy atom. The van der Waals surface area contributed by atoms with Gasteiger partial charge >= 0.3 is 5.97 Å². The number of hydrogen-bond acceptors (Lipinski definition) is 5. The van der Waals surface area contributed by atoms with E-state index in [4.69, 9.17) is 14.6 Å². The van der Waals surface area contributed by atoms with Crippen LogP contribution in [0.25, 0.3) is 0 Å². The van der Waals surface area contributed by atoms with Crippen molar-refractivity contribution in [1.29, 1.82) is 0 Å². The number of rotatable bonds is 8. The molecule has 5 heteroatoms. The summed E-state index contributed by atoms with van der Waals surface area (Å²) in [7, 11) is 1.55. The van der Waals surface area contributed by atoms with Crippen molar-refractivity contribution in [3.05, 3.63) is 12.2 Å². The van der Waals surface area contributed by atoms with Gasteiger partial charge in [-0.2, -0.15) is 0 Å². The fourth-order valence-electron chi connectivity index (χ4n) is 0.950. The molecule has 0 aromatic carbocycles. The molecule has 0 saturated heterocycles. The Hall–Kier alpha value is -0.910. The Labute approximate surface area is 90.1 Å². The van der Waals surface area contributed by atoms with Crippen LogP contribution in [0.1, 0.15) is 6.92 Å². The molecule has 0 bridgehead atoms. The van der Waals surface area contributed by atoms with E-state index in [0.717, 1.165) is 0 Å².